The van der Waals surface area contributed by atoms with E-state index in [2.05, 4.69) is 0 Å². The van der Waals surface area contributed by atoms with Gasteiger partial charge in [-0.3, -0.25) is 0 Å². The van der Waals surface area contributed by atoms with E-state index in [1.807, 2.05) is 37.3 Å². The summed E-state index contributed by atoms with van der Waals surface area (Å²) < 4.78 is 28.8. The molecule has 3 heterocycles. The molecule has 6 nitrogen and oxygen atoms in total. The summed E-state index contributed by atoms with van der Waals surface area (Å²) in [6.07, 6.45) is -2.83. The van der Waals surface area contributed by atoms with E-state index >= 15 is 0 Å². The van der Waals surface area contributed by atoms with E-state index in [1.54, 1.807) is 0 Å². The predicted octanol–water partition coefficient (Wildman–Crippen LogP) is 1.34. The molecule has 0 spiro atoms. The number of benzene rings is 1. The Bertz CT molecular complexity index is 509. The van der Waals surface area contributed by atoms with Crippen LogP contribution >= 0.6 is 0 Å². The van der Waals surface area contributed by atoms with Crippen LogP contribution in [0.3, 0.4) is 0 Å². The van der Waals surface area contributed by atoms with E-state index in [0.29, 0.717) is 13.0 Å². The van der Waals surface area contributed by atoms with Gasteiger partial charge in [-0.1, -0.05) is 37.3 Å². The third-order valence-corrected chi connectivity index (χ3v) is 4.31. The Labute approximate surface area is 128 Å². The first kappa shape index (κ1) is 14.6. The fourth-order valence-electron chi connectivity index (χ4n) is 3.15. The molecule has 2 unspecified atom stereocenters. The lowest BCUT2D eigenvalue weighted by Crippen LogP contribution is -2.60. The fraction of sp³-hybridized carbons (Fsp3) is 0.625. The Hall–Kier alpha value is -1.02. The number of hydrogen-bond donors (Lipinski definition) is 1. The number of aliphatic hydroxyl groups excluding tert-OH is 1. The molecule has 3 saturated heterocycles. The van der Waals surface area contributed by atoms with Crippen LogP contribution in [0.5, 0.6) is 0 Å². The summed E-state index contributed by atoms with van der Waals surface area (Å²) >= 11 is 0. The average molecular weight is 308 g/mol. The van der Waals surface area contributed by atoms with Gasteiger partial charge in [0.1, 0.15) is 24.4 Å². The van der Waals surface area contributed by atoms with Crippen LogP contribution in [-0.4, -0.2) is 48.7 Å². The molecule has 1 aromatic carbocycles. The number of hydrogen-bond acceptors (Lipinski definition) is 6. The van der Waals surface area contributed by atoms with Crippen molar-refractivity contribution in [3.05, 3.63) is 35.9 Å². The van der Waals surface area contributed by atoms with E-state index in [9.17, 15) is 5.11 Å². The molecule has 0 amide bonds. The van der Waals surface area contributed by atoms with E-state index in [-0.39, 0.29) is 12.4 Å². The van der Waals surface area contributed by atoms with Gasteiger partial charge in [-0.25, -0.2) is 0 Å². The highest BCUT2D eigenvalue weighted by atomic mass is 16.8. The van der Waals surface area contributed by atoms with Crippen molar-refractivity contribution in [2.45, 2.75) is 56.6 Å². The molecule has 0 saturated carbocycles. The molecule has 4 rings (SSSR count). The molecule has 7 atom stereocenters. The highest BCUT2D eigenvalue weighted by Gasteiger charge is 2.54. The summed E-state index contributed by atoms with van der Waals surface area (Å²) in [6.45, 7) is 2.32. The van der Waals surface area contributed by atoms with Crippen LogP contribution in [0.2, 0.25) is 0 Å². The molecule has 0 aromatic heterocycles. The fourth-order valence-corrected chi connectivity index (χ4v) is 3.15. The third-order valence-electron chi connectivity index (χ3n) is 4.31. The molecule has 22 heavy (non-hydrogen) atoms. The smallest absolute Gasteiger partial charge is 0.190 e. The van der Waals surface area contributed by atoms with Crippen LogP contribution in [0, 0.1) is 0 Å². The van der Waals surface area contributed by atoms with Gasteiger partial charge in [0.15, 0.2) is 18.9 Å². The summed E-state index contributed by atoms with van der Waals surface area (Å²) in [7, 11) is 0. The van der Waals surface area contributed by atoms with Gasteiger partial charge in [-0.05, 0) is 6.42 Å². The van der Waals surface area contributed by atoms with Gasteiger partial charge in [0.25, 0.3) is 0 Å². The van der Waals surface area contributed by atoms with Gasteiger partial charge in [0, 0.05) is 5.56 Å². The molecule has 3 aliphatic rings. The summed E-state index contributed by atoms with van der Waals surface area (Å²) in [6, 6.07) is 9.67. The standard InChI is InChI=1S/C16H20O6/c1-2-11-20-14-12(17)13-10(19-16(14)21-11)8-18-15(22-13)9-6-4-3-5-7-9/h3-7,10-17H,2,8H2,1H3/t10-,11?,12+,13-,14-,15?,16-/m1/s1. The Balaban J connectivity index is 1.50. The maximum absolute atomic E-state index is 10.6. The van der Waals surface area contributed by atoms with Crippen LogP contribution in [-0.2, 0) is 23.7 Å². The Morgan fingerprint density at radius 2 is 1.86 bits per heavy atom. The Morgan fingerprint density at radius 3 is 2.64 bits per heavy atom. The van der Waals surface area contributed by atoms with E-state index in [1.165, 1.54) is 0 Å². The van der Waals surface area contributed by atoms with Crippen molar-refractivity contribution >= 4 is 0 Å². The molecule has 3 fully saturated rings. The minimum Gasteiger partial charge on any atom is -0.387 e. The number of fused-ring (bicyclic) bond motifs is 2. The quantitative estimate of drug-likeness (QED) is 0.889. The number of rotatable bonds is 2. The van der Waals surface area contributed by atoms with E-state index < -0.39 is 30.9 Å². The van der Waals surface area contributed by atoms with Crippen LogP contribution in [0.25, 0.3) is 0 Å². The molecular formula is C16H20O6. The third kappa shape index (κ3) is 2.46. The van der Waals surface area contributed by atoms with Crippen molar-refractivity contribution in [3.8, 4) is 0 Å². The lowest BCUT2D eigenvalue weighted by atomic mass is 9.98. The van der Waals surface area contributed by atoms with Crippen molar-refractivity contribution in [1.29, 1.82) is 0 Å². The zero-order valence-corrected chi connectivity index (χ0v) is 12.3. The van der Waals surface area contributed by atoms with Gasteiger partial charge >= 0.3 is 0 Å². The lowest BCUT2D eigenvalue weighted by Gasteiger charge is -2.44. The van der Waals surface area contributed by atoms with Crippen LogP contribution in [0.4, 0.5) is 0 Å². The summed E-state index contributed by atoms with van der Waals surface area (Å²) in [5.41, 5.74) is 0.922. The van der Waals surface area contributed by atoms with Gasteiger partial charge in [-0.15, -0.1) is 0 Å². The number of aliphatic hydroxyl groups is 1. The van der Waals surface area contributed by atoms with Crippen molar-refractivity contribution in [2.24, 2.45) is 0 Å². The highest BCUT2D eigenvalue weighted by molar-refractivity contribution is 5.16. The second-order valence-electron chi connectivity index (χ2n) is 5.78. The van der Waals surface area contributed by atoms with Crippen molar-refractivity contribution in [3.63, 3.8) is 0 Å². The average Bonchev–Trinajstić information content (AvgIpc) is 2.99. The van der Waals surface area contributed by atoms with E-state index in [4.69, 9.17) is 23.7 Å². The molecular weight excluding hydrogens is 288 g/mol. The van der Waals surface area contributed by atoms with Gasteiger partial charge in [0.2, 0.25) is 0 Å². The predicted molar refractivity (Wildman–Crippen MR) is 74.7 cm³/mol. The zero-order valence-electron chi connectivity index (χ0n) is 12.3. The first-order valence-corrected chi connectivity index (χ1v) is 7.72. The Morgan fingerprint density at radius 1 is 1.05 bits per heavy atom. The Kier molecular flexibility index (Phi) is 3.89. The van der Waals surface area contributed by atoms with Gasteiger partial charge in [-0.2, -0.15) is 0 Å². The minimum absolute atomic E-state index is 0.337. The second kappa shape index (κ2) is 5.88. The lowest BCUT2D eigenvalue weighted by molar-refractivity contribution is -0.338. The minimum atomic E-state index is -0.796. The van der Waals surface area contributed by atoms with Crippen LogP contribution < -0.4 is 0 Å². The van der Waals surface area contributed by atoms with Gasteiger partial charge < -0.3 is 28.8 Å². The monoisotopic (exact) mass is 308 g/mol. The van der Waals surface area contributed by atoms with Crippen molar-refractivity contribution in [1.82, 2.24) is 0 Å². The molecule has 1 aromatic rings. The molecule has 0 bridgehead atoms. The van der Waals surface area contributed by atoms with Crippen LogP contribution in [0.15, 0.2) is 30.3 Å². The largest absolute Gasteiger partial charge is 0.387 e. The maximum atomic E-state index is 10.6. The topological polar surface area (TPSA) is 66.4 Å². The normalized spacial score (nSPS) is 44.4. The SMILES string of the molecule is CCC1O[C@H]2O[C@@H]3COC(c4ccccc4)O[C@H]3[C@H](O)[C@H]2O1. The number of ether oxygens (including phenoxy) is 5. The summed E-state index contributed by atoms with van der Waals surface area (Å²) in [5, 5.41) is 10.6. The molecule has 3 aliphatic heterocycles. The van der Waals surface area contributed by atoms with E-state index in [0.717, 1.165) is 5.56 Å². The first-order chi connectivity index (χ1) is 10.8. The van der Waals surface area contributed by atoms with Crippen molar-refractivity contribution in [2.75, 3.05) is 6.61 Å². The van der Waals surface area contributed by atoms with Crippen molar-refractivity contribution < 1.29 is 28.8 Å². The summed E-state index contributed by atoms with van der Waals surface area (Å²) in [5.74, 6) is 0. The zero-order chi connectivity index (χ0) is 15.1. The summed E-state index contributed by atoms with van der Waals surface area (Å²) in [4.78, 5) is 0. The van der Waals surface area contributed by atoms with Crippen LogP contribution in [0.1, 0.15) is 25.2 Å². The highest BCUT2D eigenvalue weighted by Crippen LogP contribution is 2.38. The molecule has 1 N–H and O–H groups in total. The first-order valence-electron chi connectivity index (χ1n) is 7.72. The molecule has 0 radical (unpaired) electrons. The molecule has 6 heteroatoms. The molecule has 120 valence electrons. The maximum Gasteiger partial charge on any atom is 0.190 e. The second-order valence-corrected chi connectivity index (χ2v) is 5.78. The van der Waals surface area contributed by atoms with Gasteiger partial charge in [0.05, 0.1) is 6.61 Å². The molecule has 0 aliphatic carbocycles.